The lowest BCUT2D eigenvalue weighted by Crippen LogP contribution is -2.54. The van der Waals surface area contributed by atoms with E-state index >= 15 is 0 Å². The van der Waals surface area contributed by atoms with Gasteiger partial charge in [0.1, 0.15) is 12.4 Å². The van der Waals surface area contributed by atoms with Gasteiger partial charge in [0.2, 0.25) is 11.8 Å². The van der Waals surface area contributed by atoms with Gasteiger partial charge in [-0.15, -0.1) is 5.10 Å². The Bertz CT molecular complexity index is 576. The van der Waals surface area contributed by atoms with E-state index in [-0.39, 0.29) is 18.0 Å². The number of nitrogens with zero attached hydrogens (tertiary/aromatic N) is 1. The number of hydrogen-bond acceptors (Lipinski definition) is 6. The molecule has 0 spiro atoms. The number of carbonyl (C=O) groups is 1. The first kappa shape index (κ1) is 14.6. The highest BCUT2D eigenvalue weighted by atomic mass is 16.5. The van der Waals surface area contributed by atoms with E-state index in [9.17, 15) is 4.79 Å². The van der Waals surface area contributed by atoms with Crippen molar-refractivity contribution in [2.24, 2.45) is 5.10 Å². The Morgan fingerprint density at radius 3 is 3.05 bits per heavy atom. The maximum absolute atomic E-state index is 11.3. The van der Waals surface area contributed by atoms with Crippen LogP contribution in [0.4, 0.5) is 0 Å². The van der Waals surface area contributed by atoms with E-state index in [0.717, 1.165) is 11.3 Å². The summed E-state index contributed by atoms with van der Waals surface area (Å²) in [5.41, 5.74) is 4.13. The summed E-state index contributed by atoms with van der Waals surface area (Å²) in [5.74, 6) is 1.48. The standard InChI is InChI=1S/C15H20N4O3/c1-21-13-5-3-2-4-11(13)12-6-15(19-18-12)22-9-10-7-16-8-14(20)17-10/h2-5,10,12,16,18H,6-9H2,1H3,(H,17,20). The van der Waals surface area contributed by atoms with E-state index in [2.05, 4.69) is 21.2 Å². The fraction of sp³-hybridized carbons (Fsp3) is 0.467. The minimum atomic E-state index is -0.0192. The smallest absolute Gasteiger partial charge is 0.234 e. The van der Waals surface area contributed by atoms with Crippen LogP contribution in [0, 0.1) is 0 Å². The van der Waals surface area contributed by atoms with Gasteiger partial charge in [0.25, 0.3) is 0 Å². The van der Waals surface area contributed by atoms with Crippen LogP contribution in [0.2, 0.25) is 0 Å². The van der Waals surface area contributed by atoms with E-state index in [1.807, 2.05) is 24.3 Å². The molecular weight excluding hydrogens is 284 g/mol. The van der Waals surface area contributed by atoms with Crippen molar-refractivity contribution < 1.29 is 14.3 Å². The van der Waals surface area contributed by atoms with Gasteiger partial charge in [-0.3, -0.25) is 10.2 Å². The average molecular weight is 304 g/mol. The van der Waals surface area contributed by atoms with Crippen molar-refractivity contribution in [3.05, 3.63) is 29.8 Å². The molecular formula is C15H20N4O3. The van der Waals surface area contributed by atoms with E-state index in [1.54, 1.807) is 7.11 Å². The zero-order chi connectivity index (χ0) is 15.4. The van der Waals surface area contributed by atoms with Gasteiger partial charge >= 0.3 is 0 Å². The van der Waals surface area contributed by atoms with E-state index in [4.69, 9.17) is 9.47 Å². The number of piperazine rings is 1. The lowest BCUT2D eigenvalue weighted by Gasteiger charge is -2.24. The SMILES string of the molecule is COc1ccccc1C1CC(OCC2CNCC(=O)N2)=NN1. The van der Waals surface area contributed by atoms with Crippen LogP contribution in [0.15, 0.2) is 29.4 Å². The number of para-hydroxylation sites is 1. The second kappa shape index (κ2) is 6.65. The number of benzene rings is 1. The van der Waals surface area contributed by atoms with Gasteiger partial charge in [0, 0.05) is 12.1 Å². The molecule has 7 nitrogen and oxygen atoms in total. The summed E-state index contributed by atoms with van der Waals surface area (Å²) in [5, 5.41) is 10.2. The number of methoxy groups -OCH3 is 1. The van der Waals surface area contributed by atoms with Crippen LogP contribution in [-0.4, -0.2) is 44.7 Å². The topological polar surface area (TPSA) is 84.0 Å². The number of hydrazone groups is 1. The molecule has 2 heterocycles. The summed E-state index contributed by atoms with van der Waals surface area (Å²) in [6.07, 6.45) is 0.661. The molecule has 0 saturated carbocycles. The quantitative estimate of drug-likeness (QED) is 0.737. The average Bonchev–Trinajstić information content (AvgIpc) is 3.02. The lowest BCUT2D eigenvalue weighted by molar-refractivity contribution is -0.122. The highest BCUT2D eigenvalue weighted by Crippen LogP contribution is 2.29. The monoisotopic (exact) mass is 304 g/mol. The summed E-state index contributed by atoms with van der Waals surface area (Å²) in [6, 6.07) is 7.88. The molecule has 0 radical (unpaired) electrons. The van der Waals surface area contributed by atoms with Gasteiger partial charge in [-0.2, -0.15) is 0 Å². The zero-order valence-electron chi connectivity index (χ0n) is 12.5. The Kier molecular flexibility index (Phi) is 4.43. The largest absolute Gasteiger partial charge is 0.496 e. The van der Waals surface area contributed by atoms with Gasteiger partial charge in [-0.05, 0) is 6.07 Å². The van der Waals surface area contributed by atoms with Crippen LogP contribution in [-0.2, 0) is 9.53 Å². The number of ether oxygens (including phenoxy) is 2. The molecule has 1 aromatic carbocycles. The molecule has 1 amide bonds. The van der Waals surface area contributed by atoms with Crippen LogP contribution in [0.1, 0.15) is 18.0 Å². The van der Waals surface area contributed by atoms with Crippen LogP contribution in [0.3, 0.4) is 0 Å². The fourth-order valence-corrected chi connectivity index (χ4v) is 2.63. The number of carbonyl (C=O) groups excluding carboxylic acids is 1. The third-order valence-corrected chi connectivity index (χ3v) is 3.73. The number of hydrogen-bond donors (Lipinski definition) is 3. The second-order valence-electron chi connectivity index (χ2n) is 5.34. The molecule has 118 valence electrons. The van der Waals surface area contributed by atoms with E-state index < -0.39 is 0 Å². The summed E-state index contributed by atoms with van der Waals surface area (Å²) in [4.78, 5) is 11.3. The molecule has 1 saturated heterocycles. The Hall–Kier alpha value is -2.28. The number of rotatable bonds is 4. The number of nitrogens with one attached hydrogen (secondary N) is 3. The first-order valence-corrected chi connectivity index (χ1v) is 7.34. The van der Waals surface area contributed by atoms with Crippen LogP contribution in [0.5, 0.6) is 5.75 Å². The van der Waals surface area contributed by atoms with Gasteiger partial charge < -0.3 is 20.1 Å². The van der Waals surface area contributed by atoms with Gasteiger partial charge in [-0.25, -0.2) is 0 Å². The van der Waals surface area contributed by atoms with Crippen molar-refractivity contribution in [3.63, 3.8) is 0 Å². The molecule has 0 bridgehead atoms. The first-order chi connectivity index (χ1) is 10.8. The summed E-state index contributed by atoms with van der Waals surface area (Å²) < 4.78 is 11.1. The normalized spacial score (nSPS) is 24.2. The predicted octanol–water partition coefficient (Wildman–Crippen LogP) is 0.148. The maximum atomic E-state index is 11.3. The van der Waals surface area contributed by atoms with Crippen LogP contribution in [0.25, 0.3) is 0 Å². The molecule has 7 heteroatoms. The Labute approximate surface area is 129 Å². The molecule has 1 fully saturated rings. The molecule has 2 atom stereocenters. The molecule has 0 aliphatic carbocycles. The predicted molar refractivity (Wildman–Crippen MR) is 81.7 cm³/mol. The second-order valence-corrected chi connectivity index (χ2v) is 5.34. The Morgan fingerprint density at radius 2 is 2.23 bits per heavy atom. The van der Waals surface area contributed by atoms with Crippen molar-refractivity contribution in [2.45, 2.75) is 18.5 Å². The molecule has 3 rings (SSSR count). The van der Waals surface area contributed by atoms with E-state index in [0.29, 0.717) is 32.0 Å². The maximum Gasteiger partial charge on any atom is 0.234 e. The molecule has 0 aromatic heterocycles. The lowest BCUT2D eigenvalue weighted by atomic mass is 10.0. The van der Waals surface area contributed by atoms with Gasteiger partial charge in [0.05, 0.1) is 32.2 Å². The van der Waals surface area contributed by atoms with Crippen molar-refractivity contribution >= 4 is 11.8 Å². The minimum absolute atomic E-state index is 0.00164. The molecule has 22 heavy (non-hydrogen) atoms. The van der Waals surface area contributed by atoms with Crippen molar-refractivity contribution in [3.8, 4) is 5.75 Å². The molecule has 2 unspecified atom stereocenters. The van der Waals surface area contributed by atoms with Gasteiger partial charge in [0.15, 0.2) is 0 Å². The third-order valence-electron chi connectivity index (χ3n) is 3.73. The highest BCUT2D eigenvalue weighted by Gasteiger charge is 2.25. The molecule has 2 aliphatic rings. The highest BCUT2D eigenvalue weighted by molar-refractivity contribution is 5.80. The van der Waals surface area contributed by atoms with Crippen molar-refractivity contribution in [1.29, 1.82) is 0 Å². The van der Waals surface area contributed by atoms with Crippen LogP contribution >= 0.6 is 0 Å². The van der Waals surface area contributed by atoms with Crippen molar-refractivity contribution in [2.75, 3.05) is 26.8 Å². The third kappa shape index (κ3) is 3.30. The Morgan fingerprint density at radius 1 is 1.36 bits per heavy atom. The van der Waals surface area contributed by atoms with Gasteiger partial charge in [-0.1, -0.05) is 18.2 Å². The minimum Gasteiger partial charge on any atom is -0.496 e. The summed E-state index contributed by atoms with van der Waals surface area (Å²) in [6.45, 7) is 1.50. The summed E-state index contributed by atoms with van der Waals surface area (Å²) >= 11 is 0. The summed E-state index contributed by atoms with van der Waals surface area (Å²) in [7, 11) is 1.66. The fourth-order valence-electron chi connectivity index (χ4n) is 2.63. The first-order valence-electron chi connectivity index (χ1n) is 7.34. The molecule has 2 aliphatic heterocycles. The Balaban J connectivity index is 1.52. The van der Waals surface area contributed by atoms with E-state index in [1.165, 1.54) is 0 Å². The molecule has 3 N–H and O–H groups in total. The zero-order valence-corrected chi connectivity index (χ0v) is 12.5. The van der Waals surface area contributed by atoms with Crippen molar-refractivity contribution in [1.82, 2.24) is 16.1 Å². The van der Waals surface area contributed by atoms with Crippen LogP contribution < -0.4 is 20.8 Å². The number of amides is 1. The molecule has 1 aromatic rings.